The van der Waals surface area contributed by atoms with E-state index in [4.69, 9.17) is 5.11 Å². The van der Waals surface area contributed by atoms with Gasteiger partial charge in [-0.25, -0.2) is 0 Å². The maximum Gasteiger partial charge on any atom is 0.0446 e. The Morgan fingerprint density at radius 2 is 2.12 bits per heavy atom. The molecule has 3 heteroatoms. The lowest BCUT2D eigenvalue weighted by Crippen LogP contribution is -2.51. The summed E-state index contributed by atoms with van der Waals surface area (Å²) in [6.07, 6.45) is 0.836. The Hall–Kier alpha value is -1.06. The van der Waals surface area contributed by atoms with Crippen molar-refractivity contribution in [1.29, 1.82) is 0 Å². The van der Waals surface area contributed by atoms with Gasteiger partial charge in [0.15, 0.2) is 0 Å². The van der Waals surface area contributed by atoms with Gasteiger partial charge < -0.3 is 15.3 Å². The first kappa shape index (κ1) is 11.4. The molecule has 2 rings (SSSR count). The summed E-state index contributed by atoms with van der Waals surface area (Å²) in [5.41, 5.74) is 2.58. The van der Waals surface area contributed by atoms with Crippen molar-refractivity contribution in [2.75, 3.05) is 31.1 Å². The molecule has 0 spiro atoms. The number of aliphatic hydroxyl groups excluding tert-OH is 1. The summed E-state index contributed by atoms with van der Waals surface area (Å²) < 4.78 is 0. The molecule has 1 aliphatic rings. The van der Waals surface area contributed by atoms with Gasteiger partial charge in [-0.15, -0.1) is 0 Å². The Balaban J connectivity index is 2.01. The molecule has 1 unspecified atom stereocenters. The smallest absolute Gasteiger partial charge is 0.0446 e. The SMILES string of the molecule is Cc1ccc(N2CCNC(CCO)C2)cc1. The lowest BCUT2D eigenvalue weighted by Gasteiger charge is -2.35. The van der Waals surface area contributed by atoms with E-state index in [9.17, 15) is 0 Å². The normalized spacial score (nSPS) is 21.1. The molecule has 1 aliphatic heterocycles. The van der Waals surface area contributed by atoms with Crippen LogP contribution < -0.4 is 10.2 Å². The van der Waals surface area contributed by atoms with Gasteiger partial charge in [0.2, 0.25) is 0 Å². The van der Waals surface area contributed by atoms with E-state index in [1.807, 2.05) is 0 Å². The fourth-order valence-corrected chi connectivity index (χ4v) is 2.16. The maximum absolute atomic E-state index is 8.95. The van der Waals surface area contributed by atoms with E-state index < -0.39 is 0 Å². The van der Waals surface area contributed by atoms with Gasteiger partial charge in [0.05, 0.1) is 0 Å². The highest BCUT2D eigenvalue weighted by Crippen LogP contribution is 2.17. The average molecular weight is 220 g/mol. The van der Waals surface area contributed by atoms with Crippen LogP contribution in [0.1, 0.15) is 12.0 Å². The second-order valence-electron chi connectivity index (χ2n) is 4.44. The van der Waals surface area contributed by atoms with E-state index in [-0.39, 0.29) is 6.61 Å². The molecule has 3 nitrogen and oxygen atoms in total. The molecule has 0 aromatic heterocycles. The molecule has 0 bridgehead atoms. The van der Waals surface area contributed by atoms with Crippen LogP contribution in [-0.4, -0.2) is 37.4 Å². The summed E-state index contributed by atoms with van der Waals surface area (Å²) in [7, 11) is 0. The van der Waals surface area contributed by atoms with Crippen LogP contribution >= 0.6 is 0 Å². The molecule has 0 aliphatic carbocycles. The highest BCUT2D eigenvalue weighted by molar-refractivity contribution is 5.48. The molecule has 1 saturated heterocycles. The minimum absolute atomic E-state index is 0.263. The van der Waals surface area contributed by atoms with E-state index in [2.05, 4.69) is 41.4 Å². The van der Waals surface area contributed by atoms with Crippen LogP contribution in [0, 0.1) is 6.92 Å². The fourth-order valence-electron chi connectivity index (χ4n) is 2.16. The number of hydrogen-bond acceptors (Lipinski definition) is 3. The van der Waals surface area contributed by atoms with Crippen molar-refractivity contribution < 1.29 is 5.11 Å². The van der Waals surface area contributed by atoms with Gasteiger partial charge in [-0.3, -0.25) is 0 Å². The minimum Gasteiger partial charge on any atom is -0.396 e. The molecule has 1 fully saturated rings. The Morgan fingerprint density at radius 1 is 1.38 bits per heavy atom. The Kier molecular flexibility index (Phi) is 3.80. The topological polar surface area (TPSA) is 35.5 Å². The van der Waals surface area contributed by atoms with Crippen molar-refractivity contribution in [2.45, 2.75) is 19.4 Å². The van der Waals surface area contributed by atoms with Crippen LogP contribution in [-0.2, 0) is 0 Å². The van der Waals surface area contributed by atoms with Crippen molar-refractivity contribution >= 4 is 5.69 Å². The molecule has 0 radical (unpaired) electrons. The molecular formula is C13H20N2O. The number of nitrogens with zero attached hydrogens (tertiary/aromatic N) is 1. The molecule has 1 heterocycles. The van der Waals surface area contributed by atoms with Crippen molar-refractivity contribution in [1.82, 2.24) is 5.32 Å². The lowest BCUT2D eigenvalue weighted by atomic mass is 10.1. The van der Waals surface area contributed by atoms with Crippen LogP contribution in [0.25, 0.3) is 0 Å². The van der Waals surface area contributed by atoms with E-state index in [1.165, 1.54) is 11.3 Å². The molecule has 0 saturated carbocycles. The predicted molar refractivity (Wildman–Crippen MR) is 66.9 cm³/mol. The second kappa shape index (κ2) is 5.32. The van der Waals surface area contributed by atoms with Gasteiger partial charge in [-0.05, 0) is 25.5 Å². The quantitative estimate of drug-likeness (QED) is 0.802. The van der Waals surface area contributed by atoms with E-state index in [1.54, 1.807) is 0 Å². The highest BCUT2D eigenvalue weighted by Gasteiger charge is 2.18. The maximum atomic E-state index is 8.95. The van der Waals surface area contributed by atoms with Crippen molar-refractivity contribution in [2.24, 2.45) is 0 Å². The summed E-state index contributed by atoms with van der Waals surface area (Å²) in [6.45, 7) is 5.41. The van der Waals surface area contributed by atoms with Gasteiger partial charge in [-0.2, -0.15) is 0 Å². The summed E-state index contributed by atoms with van der Waals surface area (Å²) in [4.78, 5) is 2.39. The molecule has 16 heavy (non-hydrogen) atoms. The Bertz CT molecular complexity index is 321. The second-order valence-corrected chi connectivity index (χ2v) is 4.44. The first-order valence-electron chi connectivity index (χ1n) is 5.95. The van der Waals surface area contributed by atoms with Crippen molar-refractivity contribution in [3.05, 3.63) is 29.8 Å². The average Bonchev–Trinajstić information content (AvgIpc) is 2.31. The van der Waals surface area contributed by atoms with Crippen LogP contribution in [0.2, 0.25) is 0 Å². The predicted octanol–water partition coefficient (Wildman–Crippen LogP) is 1.16. The lowest BCUT2D eigenvalue weighted by molar-refractivity contribution is 0.260. The number of nitrogens with one attached hydrogen (secondary N) is 1. The van der Waals surface area contributed by atoms with E-state index in [0.29, 0.717) is 6.04 Å². The van der Waals surface area contributed by atoms with Gasteiger partial charge in [-0.1, -0.05) is 17.7 Å². The van der Waals surface area contributed by atoms with Gasteiger partial charge in [0.1, 0.15) is 0 Å². The number of rotatable bonds is 3. The summed E-state index contributed by atoms with van der Waals surface area (Å²) in [6, 6.07) is 9.07. The Morgan fingerprint density at radius 3 is 2.81 bits per heavy atom. The zero-order chi connectivity index (χ0) is 11.4. The van der Waals surface area contributed by atoms with Crippen molar-refractivity contribution in [3.63, 3.8) is 0 Å². The van der Waals surface area contributed by atoms with Crippen LogP contribution in [0.15, 0.2) is 24.3 Å². The number of piperazine rings is 1. The third-order valence-electron chi connectivity index (χ3n) is 3.13. The van der Waals surface area contributed by atoms with Crippen LogP contribution in [0.4, 0.5) is 5.69 Å². The zero-order valence-corrected chi connectivity index (χ0v) is 9.82. The molecule has 1 aromatic carbocycles. The number of hydrogen-bond donors (Lipinski definition) is 2. The molecule has 88 valence electrons. The number of aryl methyl sites for hydroxylation is 1. The number of aliphatic hydroxyl groups is 1. The fraction of sp³-hybridized carbons (Fsp3) is 0.538. The molecular weight excluding hydrogens is 200 g/mol. The van der Waals surface area contributed by atoms with Gasteiger partial charge >= 0.3 is 0 Å². The van der Waals surface area contributed by atoms with Crippen LogP contribution in [0.5, 0.6) is 0 Å². The molecule has 2 N–H and O–H groups in total. The monoisotopic (exact) mass is 220 g/mol. The van der Waals surface area contributed by atoms with Gasteiger partial charge in [0, 0.05) is 38.0 Å². The third kappa shape index (κ3) is 2.74. The standard InChI is InChI=1S/C13H20N2O/c1-11-2-4-13(5-3-11)15-8-7-14-12(10-15)6-9-16/h2-5,12,14,16H,6-10H2,1H3. The first-order valence-corrected chi connectivity index (χ1v) is 5.95. The van der Waals surface area contributed by atoms with Gasteiger partial charge in [0.25, 0.3) is 0 Å². The zero-order valence-electron chi connectivity index (χ0n) is 9.82. The summed E-state index contributed by atoms with van der Waals surface area (Å²) in [5.74, 6) is 0. The number of anilines is 1. The first-order chi connectivity index (χ1) is 7.79. The van der Waals surface area contributed by atoms with E-state index >= 15 is 0 Å². The Labute approximate surface area is 97.1 Å². The number of benzene rings is 1. The minimum atomic E-state index is 0.263. The molecule has 1 atom stereocenters. The largest absolute Gasteiger partial charge is 0.396 e. The van der Waals surface area contributed by atoms with Crippen molar-refractivity contribution in [3.8, 4) is 0 Å². The molecule has 0 amide bonds. The van der Waals surface area contributed by atoms with E-state index in [0.717, 1.165) is 26.1 Å². The van der Waals surface area contributed by atoms with Crippen LogP contribution in [0.3, 0.4) is 0 Å². The third-order valence-corrected chi connectivity index (χ3v) is 3.13. The summed E-state index contributed by atoms with van der Waals surface area (Å²) >= 11 is 0. The highest BCUT2D eigenvalue weighted by atomic mass is 16.3. The summed E-state index contributed by atoms with van der Waals surface area (Å²) in [5, 5.41) is 12.4. The molecule has 1 aromatic rings.